The van der Waals surface area contributed by atoms with Crippen LogP contribution in [0.1, 0.15) is 22.3 Å². The zero-order chi connectivity index (χ0) is 32.8. The first kappa shape index (κ1) is 27.5. The van der Waals surface area contributed by atoms with Gasteiger partial charge < -0.3 is 4.74 Å². The quantitative estimate of drug-likeness (QED) is 0.172. The average molecular weight is 635 g/mol. The second-order valence-corrected chi connectivity index (χ2v) is 13.5. The molecule has 0 radical (unpaired) electrons. The summed E-state index contributed by atoms with van der Waals surface area (Å²) in [7, 11) is 0. The lowest BCUT2D eigenvalue weighted by molar-refractivity contribution is 0.436. The average Bonchev–Trinajstić information content (AvgIpc) is 3.47. The van der Waals surface area contributed by atoms with Crippen molar-refractivity contribution in [3.63, 3.8) is 0 Å². The van der Waals surface area contributed by atoms with Gasteiger partial charge in [-0.05, 0) is 95.0 Å². The molecule has 50 heavy (non-hydrogen) atoms. The maximum absolute atomic E-state index is 6.61. The molecule has 1 heterocycles. The van der Waals surface area contributed by atoms with Gasteiger partial charge in [0.25, 0.3) is 0 Å². The van der Waals surface area contributed by atoms with E-state index in [1.165, 1.54) is 88.0 Å². The Morgan fingerprint density at radius 2 is 0.800 bits per heavy atom. The Hall–Kier alpha value is -6.44. The third-order valence-corrected chi connectivity index (χ3v) is 11.1. The van der Waals surface area contributed by atoms with Crippen molar-refractivity contribution in [1.29, 1.82) is 0 Å². The summed E-state index contributed by atoms with van der Waals surface area (Å²) in [5.41, 5.74) is 12.0. The summed E-state index contributed by atoms with van der Waals surface area (Å²) >= 11 is 0. The Morgan fingerprint density at radius 3 is 1.48 bits per heavy atom. The van der Waals surface area contributed by atoms with E-state index in [-0.39, 0.29) is 0 Å². The van der Waals surface area contributed by atoms with Crippen LogP contribution in [0.5, 0.6) is 11.5 Å². The van der Waals surface area contributed by atoms with E-state index in [4.69, 9.17) is 4.74 Å². The Morgan fingerprint density at radius 1 is 0.320 bits per heavy atom. The summed E-state index contributed by atoms with van der Waals surface area (Å²) in [6.45, 7) is 0. The summed E-state index contributed by atoms with van der Waals surface area (Å²) < 4.78 is 6.61. The fourth-order valence-corrected chi connectivity index (χ4v) is 9.18. The van der Waals surface area contributed by atoms with Crippen LogP contribution in [0.4, 0.5) is 0 Å². The first-order valence-electron chi connectivity index (χ1n) is 17.4. The van der Waals surface area contributed by atoms with Gasteiger partial charge in [0.1, 0.15) is 11.5 Å². The van der Waals surface area contributed by atoms with Gasteiger partial charge in [-0.15, -0.1) is 0 Å². The van der Waals surface area contributed by atoms with Gasteiger partial charge in [0.2, 0.25) is 0 Å². The van der Waals surface area contributed by atoms with E-state index in [0.29, 0.717) is 0 Å². The molecule has 1 spiro atoms. The van der Waals surface area contributed by atoms with Gasteiger partial charge >= 0.3 is 0 Å². The Bertz CT molecular complexity index is 2750. The van der Waals surface area contributed by atoms with Crippen LogP contribution in [-0.4, -0.2) is 0 Å². The standard InChI is InChI=1S/C49H30O/c1-2-16-33-31(14-1)15-13-22-36(33)48-39-20-5-3-18-37(39)47(38-19-4-6-21-40(38)48)32-28-29-35-34-17-7-8-23-41(34)49(44(35)30-32)42-24-9-11-26-45(42)50-46-27-12-10-25-43(46)49/h1-30H. The molecule has 232 valence electrons. The zero-order valence-electron chi connectivity index (χ0n) is 27.2. The molecule has 9 aromatic rings. The molecule has 0 N–H and O–H groups in total. The Balaban J connectivity index is 1.26. The third kappa shape index (κ3) is 3.56. The fraction of sp³-hybridized carbons (Fsp3) is 0.0204. The molecule has 1 aliphatic carbocycles. The third-order valence-electron chi connectivity index (χ3n) is 11.1. The monoisotopic (exact) mass is 634 g/mol. The molecule has 9 aromatic carbocycles. The highest BCUT2D eigenvalue weighted by Crippen LogP contribution is 2.62. The second kappa shape index (κ2) is 10.3. The molecule has 2 aliphatic rings. The first-order valence-corrected chi connectivity index (χ1v) is 17.4. The Kier molecular flexibility index (Phi) is 5.66. The van der Waals surface area contributed by atoms with Crippen LogP contribution < -0.4 is 4.74 Å². The summed E-state index contributed by atoms with van der Waals surface area (Å²) in [5.74, 6) is 1.82. The van der Waals surface area contributed by atoms with E-state index < -0.39 is 5.41 Å². The van der Waals surface area contributed by atoms with Gasteiger partial charge in [0.05, 0.1) is 5.41 Å². The molecular formula is C49H30O. The summed E-state index contributed by atoms with van der Waals surface area (Å²) in [4.78, 5) is 0. The van der Waals surface area contributed by atoms with Crippen LogP contribution in [-0.2, 0) is 5.41 Å². The topological polar surface area (TPSA) is 9.23 Å². The number of ether oxygens (including phenoxy) is 1. The molecule has 0 fully saturated rings. The van der Waals surface area contributed by atoms with E-state index >= 15 is 0 Å². The second-order valence-electron chi connectivity index (χ2n) is 13.5. The highest BCUT2D eigenvalue weighted by Gasteiger charge is 2.51. The SMILES string of the molecule is c1ccc2c(c1)Oc1ccccc1C21c2ccccc2-c2ccc(-c3c4ccccc4c(-c4cccc5ccccc45)c4ccccc34)cc21. The number of fused-ring (bicyclic) bond motifs is 12. The molecule has 1 nitrogen and oxygen atoms in total. The molecule has 1 aliphatic heterocycles. The number of benzene rings is 9. The summed E-state index contributed by atoms with van der Waals surface area (Å²) in [5, 5.41) is 7.56. The van der Waals surface area contributed by atoms with Crippen molar-refractivity contribution in [1.82, 2.24) is 0 Å². The number of hydrogen-bond donors (Lipinski definition) is 0. The number of para-hydroxylation sites is 2. The number of hydrogen-bond acceptors (Lipinski definition) is 1. The van der Waals surface area contributed by atoms with E-state index in [2.05, 4.69) is 182 Å². The lowest BCUT2D eigenvalue weighted by Gasteiger charge is -2.39. The van der Waals surface area contributed by atoms with Crippen LogP contribution in [0.15, 0.2) is 182 Å². The minimum absolute atomic E-state index is 0.512. The number of rotatable bonds is 2. The first-order chi connectivity index (χ1) is 24.8. The zero-order valence-corrected chi connectivity index (χ0v) is 27.2. The molecule has 0 atom stereocenters. The van der Waals surface area contributed by atoms with Gasteiger partial charge in [-0.1, -0.05) is 164 Å². The minimum Gasteiger partial charge on any atom is -0.457 e. The van der Waals surface area contributed by atoms with Gasteiger partial charge in [0.15, 0.2) is 0 Å². The molecule has 11 rings (SSSR count). The highest BCUT2D eigenvalue weighted by atomic mass is 16.5. The normalized spacial score (nSPS) is 13.5. The maximum Gasteiger partial charge on any atom is 0.132 e. The molecule has 0 unspecified atom stereocenters. The van der Waals surface area contributed by atoms with Gasteiger partial charge in [-0.25, -0.2) is 0 Å². The molecule has 0 bridgehead atoms. The predicted octanol–water partition coefficient (Wildman–Crippen LogP) is 12.9. The van der Waals surface area contributed by atoms with Crippen molar-refractivity contribution in [3.05, 3.63) is 204 Å². The van der Waals surface area contributed by atoms with Crippen LogP contribution in [0.3, 0.4) is 0 Å². The summed E-state index contributed by atoms with van der Waals surface area (Å²) in [6, 6.07) is 66.7. The van der Waals surface area contributed by atoms with E-state index in [0.717, 1.165) is 11.5 Å². The molecule has 0 amide bonds. The molecule has 1 heteroatoms. The van der Waals surface area contributed by atoms with E-state index in [1.807, 2.05) is 0 Å². The smallest absolute Gasteiger partial charge is 0.132 e. The Labute approximate surface area is 290 Å². The van der Waals surface area contributed by atoms with E-state index in [1.54, 1.807) is 0 Å². The van der Waals surface area contributed by atoms with Crippen molar-refractivity contribution < 1.29 is 4.74 Å². The van der Waals surface area contributed by atoms with Crippen molar-refractivity contribution in [2.45, 2.75) is 5.41 Å². The van der Waals surface area contributed by atoms with E-state index in [9.17, 15) is 0 Å². The van der Waals surface area contributed by atoms with Gasteiger partial charge in [0, 0.05) is 11.1 Å². The van der Waals surface area contributed by atoms with Crippen molar-refractivity contribution in [3.8, 4) is 44.9 Å². The fourth-order valence-electron chi connectivity index (χ4n) is 9.18. The van der Waals surface area contributed by atoms with Crippen LogP contribution in [0.2, 0.25) is 0 Å². The largest absolute Gasteiger partial charge is 0.457 e. The lowest BCUT2D eigenvalue weighted by atomic mass is 9.66. The molecular weight excluding hydrogens is 605 g/mol. The van der Waals surface area contributed by atoms with Crippen molar-refractivity contribution >= 4 is 32.3 Å². The molecule has 0 saturated carbocycles. The molecule has 0 aromatic heterocycles. The van der Waals surface area contributed by atoms with Crippen molar-refractivity contribution in [2.75, 3.05) is 0 Å². The maximum atomic E-state index is 6.61. The summed E-state index contributed by atoms with van der Waals surface area (Å²) in [6.07, 6.45) is 0. The minimum atomic E-state index is -0.512. The predicted molar refractivity (Wildman–Crippen MR) is 207 cm³/mol. The van der Waals surface area contributed by atoms with Crippen LogP contribution in [0.25, 0.3) is 65.7 Å². The van der Waals surface area contributed by atoms with Crippen molar-refractivity contribution in [2.24, 2.45) is 0 Å². The van der Waals surface area contributed by atoms with Gasteiger partial charge in [-0.3, -0.25) is 0 Å². The highest BCUT2D eigenvalue weighted by molar-refractivity contribution is 6.23. The molecule has 0 saturated heterocycles. The lowest BCUT2D eigenvalue weighted by Crippen LogP contribution is -2.32. The van der Waals surface area contributed by atoms with Gasteiger partial charge in [-0.2, -0.15) is 0 Å². The van der Waals surface area contributed by atoms with Crippen LogP contribution >= 0.6 is 0 Å². The van der Waals surface area contributed by atoms with Crippen LogP contribution in [0, 0.1) is 0 Å².